The van der Waals surface area contributed by atoms with Crippen LogP contribution < -0.4 is 5.32 Å². The van der Waals surface area contributed by atoms with E-state index >= 15 is 0 Å². The zero-order chi connectivity index (χ0) is 22.7. The number of halogens is 1. The van der Waals surface area contributed by atoms with Crippen molar-refractivity contribution < 1.29 is 18.7 Å². The number of nitrogens with zero attached hydrogens (tertiary/aromatic N) is 1. The summed E-state index contributed by atoms with van der Waals surface area (Å²) in [5, 5.41) is 13.3. The third-order valence-electron chi connectivity index (χ3n) is 5.71. The van der Waals surface area contributed by atoms with Gasteiger partial charge in [-0.2, -0.15) is 5.26 Å². The van der Waals surface area contributed by atoms with Gasteiger partial charge < -0.3 is 10.1 Å². The summed E-state index contributed by atoms with van der Waals surface area (Å²) >= 11 is 1.30. The molecule has 7 heteroatoms. The minimum Gasteiger partial charge on any atom is -0.462 e. The summed E-state index contributed by atoms with van der Waals surface area (Å²) in [7, 11) is 0. The Morgan fingerprint density at radius 3 is 2.56 bits per heavy atom. The van der Waals surface area contributed by atoms with E-state index < -0.39 is 23.1 Å². The molecule has 3 aromatic rings. The van der Waals surface area contributed by atoms with Crippen LogP contribution in [-0.2, 0) is 23.0 Å². The molecule has 1 atom stereocenters. The van der Waals surface area contributed by atoms with Gasteiger partial charge >= 0.3 is 5.97 Å². The Morgan fingerprint density at radius 1 is 1.19 bits per heavy atom. The lowest BCUT2D eigenvalue weighted by Gasteiger charge is -2.31. The average Bonchev–Trinajstić information content (AvgIpc) is 3.16. The number of nitriles is 1. The van der Waals surface area contributed by atoms with Crippen LogP contribution in [-0.4, -0.2) is 18.5 Å². The molecule has 0 bridgehead atoms. The second-order valence-corrected chi connectivity index (χ2v) is 8.73. The van der Waals surface area contributed by atoms with Crippen LogP contribution >= 0.6 is 11.3 Å². The Balaban J connectivity index is 1.72. The molecule has 0 unspecified atom stereocenters. The molecule has 1 aliphatic rings. The molecule has 5 nitrogen and oxygen atoms in total. The minimum absolute atomic E-state index is 0.209. The number of hydrogen-bond acceptors (Lipinski definition) is 5. The molecule has 162 valence electrons. The number of benzene rings is 2. The molecular formula is C25H21FN2O3S. The number of hydrogen-bond donors (Lipinski definition) is 1. The van der Waals surface area contributed by atoms with Crippen LogP contribution in [0.2, 0.25) is 0 Å². The lowest BCUT2D eigenvalue weighted by atomic mass is 9.70. The molecule has 1 amide bonds. The number of rotatable bonds is 5. The highest BCUT2D eigenvalue weighted by molar-refractivity contribution is 7.17. The number of anilines is 1. The van der Waals surface area contributed by atoms with Gasteiger partial charge in [-0.25, -0.2) is 9.18 Å². The van der Waals surface area contributed by atoms with Gasteiger partial charge in [0.2, 0.25) is 0 Å². The highest BCUT2D eigenvalue weighted by Crippen LogP contribution is 2.45. The summed E-state index contributed by atoms with van der Waals surface area (Å²) in [4.78, 5) is 26.4. The van der Waals surface area contributed by atoms with E-state index in [1.54, 1.807) is 6.92 Å². The van der Waals surface area contributed by atoms with Crippen LogP contribution in [0, 0.1) is 17.1 Å². The van der Waals surface area contributed by atoms with Crippen LogP contribution in [0.3, 0.4) is 0 Å². The molecule has 1 N–H and O–H groups in total. The van der Waals surface area contributed by atoms with Crippen LogP contribution in [0.25, 0.3) is 0 Å². The third-order valence-corrected chi connectivity index (χ3v) is 6.86. The van der Waals surface area contributed by atoms with E-state index in [1.807, 2.05) is 30.3 Å². The van der Waals surface area contributed by atoms with Gasteiger partial charge in [0, 0.05) is 16.9 Å². The second kappa shape index (κ2) is 8.93. The van der Waals surface area contributed by atoms with Crippen molar-refractivity contribution >= 4 is 28.2 Å². The highest BCUT2D eigenvalue weighted by Gasteiger charge is 2.40. The fourth-order valence-electron chi connectivity index (χ4n) is 4.07. The van der Waals surface area contributed by atoms with Gasteiger partial charge in [-0.3, -0.25) is 4.79 Å². The summed E-state index contributed by atoms with van der Waals surface area (Å²) in [6.45, 7) is 1.94. The minimum atomic E-state index is -0.691. The Bertz CT molecular complexity index is 1200. The van der Waals surface area contributed by atoms with Gasteiger partial charge in [0.15, 0.2) is 0 Å². The molecule has 4 rings (SSSR count). The number of fused-ring (bicyclic) bond motifs is 1. The first-order valence-electron chi connectivity index (χ1n) is 10.3. The van der Waals surface area contributed by atoms with Crippen LogP contribution in [0.4, 0.5) is 9.39 Å². The first kappa shape index (κ1) is 21.7. The molecule has 1 aliphatic carbocycles. The summed E-state index contributed by atoms with van der Waals surface area (Å²) in [5.74, 6) is -1.37. The van der Waals surface area contributed by atoms with E-state index in [0.717, 1.165) is 16.0 Å². The lowest BCUT2D eigenvalue weighted by Crippen LogP contribution is -2.31. The fraction of sp³-hybridized carbons (Fsp3) is 0.240. The van der Waals surface area contributed by atoms with Crippen molar-refractivity contribution in [2.24, 2.45) is 0 Å². The molecule has 1 heterocycles. The average molecular weight is 449 g/mol. The topological polar surface area (TPSA) is 79.2 Å². The predicted molar refractivity (Wildman–Crippen MR) is 120 cm³/mol. The van der Waals surface area contributed by atoms with Crippen molar-refractivity contribution in [3.05, 3.63) is 87.5 Å². The maximum Gasteiger partial charge on any atom is 0.341 e. The standard InChI is InChI=1S/C25H21FN2O3S/c1-2-31-24(30)21-19-12-13-25(15-27,17-6-4-3-5-7-17)14-20(19)32-23(21)28-22(29)16-8-10-18(26)11-9-16/h3-11H,2,12-14H2,1H3,(H,28,29)/t25-/m0/s1. The maximum atomic E-state index is 13.2. The Kier molecular flexibility index (Phi) is 6.06. The van der Waals surface area contributed by atoms with Gasteiger partial charge in [-0.05, 0) is 55.2 Å². The molecule has 1 aromatic heterocycles. The normalized spacial score (nSPS) is 17.2. The molecule has 0 radical (unpaired) electrons. The summed E-state index contributed by atoms with van der Waals surface area (Å²) in [6, 6.07) is 17.3. The van der Waals surface area contributed by atoms with Gasteiger partial charge in [0.1, 0.15) is 10.8 Å². The van der Waals surface area contributed by atoms with E-state index in [4.69, 9.17) is 4.74 Å². The predicted octanol–water partition coefficient (Wildman–Crippen LogP) is 5.27. The van der Waals surface area contributed by atoms with Crippen molar-refractivity contribution in [3.8, 4) is 6.07 Å². The molecule has 0 spiro atoms. The third kappa shape index (κ3) is 4.02. The summed E-state index contributed by atoms with van der Waals surface area (Å²) in [5.41, 5.74) is 1.70. The van der Waals surface area contributed by atoms with Crippen molar-refractivity contribution in [3.63, 3.8) is 0 Å². The van der Waals surface area contributed by atoms with Crippen LogP contribution in [0.5, 0.6) is 0 Å². The zero-order valence-corrected chi connectivity index (χ0v) is 18.3. The maximum absolute atomic E-state index is 13.2. The first-order valence-corrected chi connectivity index (χ1v) is 11.1. The van der Waals surface area contributed by atoms with Crippen LogP contribution in [0.1, 0.15) is 50.1 Å². The van der Waals surface area contributed by atoms with E-state index in [0.29, 0.717) is 29.8 Å². The molecular weight excluding hydrogens is 427 g/mol. The number of esters is 1. The smallest absolute Gasteiger partial charge is 0.341 e. The van der Waals surface area contributed by atoms with E-state index in [-0.39, 0.29) is 12.2 Å². The SMILES string of the molecule is CCOC(=O)c1c(NC(=O)c2ccc(F)cc2)sc2c1CC[C@](C#N)(c1ccccc1)C2. The second-order valence-electron chi connectivity index (χ2n) is 7.63. The lowest BCUT2D eigenvalue weighted by molar-refractivity contribution is 0.0526. The van der Waals surface area contributed by atoms with E-state index in [2.05, 4.69) is 11.4 Å². The Labute approximate surface area is 189 Å². The number of carbonyl (C=O) groups is 2. The van der Waals surface area contributed by atoms with Gasteiger partial charge in [-0.1, -0.05) is 30.3 Å². The van der Waals surface area contributed by atoms with Crippen LogP contribution in [0.15, 0.2) is 54.6 Å². The quantitative estimate of drug-likeness (QED) is 0.540. The number of ether oxygens (including phenoxy) is 1. The monoisotopic (exact) mass is 448 g/mol. The molecule has 0 saturated carbocycles. The number of thiophene rings is 1. The van der Waals surface area contributed by atoms with Gasteiger partial charge in [-0.15, -0.1) is 11.3 Å². The first-order chi connectivity index (χ1) is 15.5. The van der Waals surface area contributed by atoms with Crippen molar-refractivity contribution in [2.45, 2.75) is 31.6 Å². The Morgan fingerprint density at radius 2 is 1.91 bits per heavy atom. The molecule has 0 fully saturated rings. The van der Waals surface area contributed by atoms with Gasteiger partial charge in [0.05, 0.1) is 23.7 Å². The zero-order valence-electron chi connectivity index (χ0n) is 17.5. The van der Waals surface area contributed by atoms with E-state index in [1.165, 1.54) is 35.6 Å². The largest absolute Gasteiger partial charge is 0.462 e. The summed E-state index contributed by atoms with van der Waals surface area (Å²) < 4.78 is 18.5. The molecule has 2 aromatic carbocycles. The van der Waals surface area contributed by atoms with Crippen molar-refractivity contribution in [1.82, 2.24) is 0 Å². The molecule has 32 heavy (non-hydrogen) atoms. The molecule has 0 saturated heterocycles. The molecule has 0 aliphatic heterocycles. The highest BCUT2D eigenvalue weighted by atomic mass is 32.1. The van der Waals surface area contributed by atoms with Crippen molar-refractivity contribution in [1.29, 1.82) is 5.26 Å². The van der Waals surface area contributed by atoms with E-state index in [9.17, 15) is 19.2 Å². The van der Waals surface area contributed by atoms with Gasteiger partial charge in [0.25, 0.3) is 5.91 Å². The summed E-state index contributed by atoms with van der Waals surface area (Å²) in [6.07, 6.45) is 1.54. The number of amides is 1. The van der Waals surface area contributed by atoms with Crippen molar-refractivity contribution in [2.75, 3.05) is 11.9 Å². The number of nitrogens with one attached hydrogen (secondary N) is 1. The fourth-order valence-corrected chi connectivity index (χ4v) is 5.41. The number of carbonyl (C=O) groups excluding carboxylic acids is 2. The Hall–Kier alpha value is -3.50.